The summed E-state index contributed by atoms with van der Waals surface area (Å²) >= 11 is 0. The number of nitrogens with one attached hydrogen (secondary N) is 1. The highest BCUT2D eigenvalue weighted by atomic mass is 15.2. The lowest BCUT2D eigenvalue weighted by atomic mass is 10.2. The Morgan fingerprint density at radius 1 is 1.47 bits per heavy atom. The maximum Gasteiger partial charge on any atom is 0.128 e. The molecule has 17 heavy (non-hydrogen) atoms. The fourth-order valence-electron chi connectivity index (χ4n) is 2.12. The van der Waals surface area contributed by atoms with E-state index in [2.05, 4.69) is 48.2 Å². The van der Waals surface area contributed by atoms with Crippen molar-refractivity contribution in [1.29, 1.82) is 0 Å². The molecule has 0 amide bonds. The minimum absolute atomic E-state index is 0.878. The van der Waals surface area contributed by atoms with Crippen LogP contribution in [-0.4, -0.2) is 25.1 Å². The van der Waals surface area contributed by atoms with Crippen LogP contribution in [0, 0.1) is 11.8 Å². The van der Waals surface area contributed by atoms with Crippen molar-refractivity contribution in [1.82, 2.24) is 10.3 Å². The van der Waals surface area contributed by atoms with E-state index in [0.29, 0.717) is 0 Å². The average Bonchev–Trinajstić information content (AvgIpc) is 3.03. The molecule has 0 saturated heterocycles. The van der Waals surface area contributed by atoms with E-state index in [1.54, 1.807) is 0 Å². The molecule has 1 heterocycles. The van der Waals surface area contributed by atoms with Gasteiger partial charge in [-0.2, -0.15) is 0 Å². The molecule has 3 nitrogen and oxygen atoms in total. The van der Waals surface area contributed by atoms with E-state index in [-0.39, 0.29) is 0 Å². The molecule has 1 fully saturated rings. The van der Waals surface area contributed by atoms with Crippen molar-refractivity contribution in [3.05, 3.63) is 23.9 Å². The van der Waals surface area contributed by atoms with Gasteiger partial charge in [-0.1, -0.05) is 19.9 Å². The zero-order valence-corrected chi connectivity index (χ0v) is 11.1. The van der Waals surface area contributed by atoms with E-state index in [4.69, 9.17) is 0 Å². The molecule has 2 unspecified atom stereocenters. The summed E-state index contributed by atoms with van der Waals surface area (Å²) in [6.45, 7) is 7.49. The number of hydrogen-bond acceptors (Lipinski definition) is 3. The fraction of sp³-hybridized carbons (Fsp3) is 0.643. The first-order chi connectivity index (χ1) is 8.20. The summed E-state index contributed by atoms with van der Waals surface area (Å²) in [5, 5.41) is 3.31. The van der Waals surface area contributed by atoms with E-state index >= 15 is 0 Å². The predicted molar refractivity (Wildman–Crippen MR) is 72.2 cm³/mol. The highest BCUT2D eigenvalue weighted by Crippen LogP contribution is 2.38. The first-order valence-corrected chi connectivity index (χ1v) is 6.57. The zero-order valence-electron chi connectivity index (χ0n) is 11.1. The van der Waals surface area contributed by atoms with E-state index in [1.165, 1.54) is 12.0 Å². The zero-order chi connectivity index (χ0) is 12.3. The summed E-state index contributed by atoms with van der Waals surface area (Å²) < 4.78 is 0. The topological polar surface area (TPSA) is 28.2 Å². The number of rotatable bonds is 6. The fourth-order valence-corrected chi connectivity index (χ4v) is 2.12. The Labute approximate surface area is 104 Å². The normalized spacial score (nSPS) is 22.5. The van der Waals surface area contributed by atoms with Gasteiger partial charge in [0.05, 0.1) is 0 Å². The van der Waals surface area contributed by atoms with Crippen LogP contribution in [0.5, 0.6) is 0 Å². The highest BCUT2D eigenvalue weighted by Gasteiger charge is 2.33. The van der Waals surface area contributed by atoms with Gasteiger partial charge < -0.3 is 10.2 Å². The second-order valence-corrected chi connectivity index (χ2v) is 5.16. The molecule has 0 spiro atoms. The maximum absolute atomic E-state index is 4.52. The van der Waals surface area contributed by atoms with Gasteiger partial charge in [-0.15, -0.1) is 0 Å². The Balaban J connectivity index is 1.87. The van der Waals surface area contributed by atoms with Crippen LogP contribution in [0.4, 0.5) is 5.82 Å². The third-order valence-corrected chi connectivity index (χ3v) is 3.56. The maximum atomic E-state index is 4.52. The molecule has 3 heteroatoms. The lowest BCUT2D eigenvalue weighted by molar-refractivity contribution is 0.713. The lowest BCUT2D eigenvalue weighted by Gasteiger charge is -2.18. The molecule has 1 aromatic heterocycles. The summed E-state index contributed by atoms with van der Waals surface area (Å²) in [7, 11) is 2.14. The van der Waals surface area contributed by atoms with E-state index in [1.807, 2.05) is 6.20 Å². The molecular formula is C14H23N3. The van der Waals surface area contributed by atoms with Crippen molar-refractivity contribution in [3.8, 4) is 0 Å². The smallest absolute Gasteiger partial charge is 0.128 e. The number of pyridine rings is 1. The van der Waals surface area contributed by atoms with Crippen LogP contribution in [0.3, 0.4) is 0 Å². The molecule has 0 bridgehead atoms. The molecule has 1 aliphatic carbocycles. The molecule has 1 aliphatic rings. The molecule has 2 atom stereocenters. The van der Waals surface area contributed by atoms with Crippen LogP contribution in [0.1, 0.15) is 25.8 Å². The Morgan fingerprint density at radius 2 is 2.24 bits per heavy atom. The van der Waals surface area contributed by atoms with Crippen molar-refractivity contribution < 1.29 is 0 Å². The summed E-state index contributed by atoms with van der Waals surface area (Å²) in [6, 6.07) is 4.29. The molecule has 1 aromatic rings. The number of hydrogen-bond donors (Lipinski definition) is 1. The molecular weight excluding hydrogens is 210 g/mol. The van der Waals surface area contributed by atoms with Crippen molar-refractivity contribution in [2.24, 2.45) is 11.8 Å². The average molecular weight is 233 g/mol. The van der Waals surface area contributed by atoms with Crippen LogP contribution in [0.25, 0.3) is 0 Å². The summed E-state index contributed by atoms with van der Waals surface area (Å²) in [5.41, 5.74) is 1.25. The minimum Gasteiger partial charge on any atom is -0.359 e. The Bertz CT molecular complexity index is 347. The molecule has 2 rings (SSSR count). The van der Waals surface area contributed by atoms with Crippen molar-refractivity contribution in [3.63, 3.8) is 0 Å². The number of aromatic nitrogens is 1. The molecule has 1 saturated carbocycles. The largest absolute Gasteiger partial charge is 0.359 e. The Morgan fingerprint density at radius 3 is 2.76 bits per heavy atom. The third kappa shape index (κ3) is 3.43. The van der Waals surface area contributed by atoms with Gasteiger partial charge >= 0.3 is 0 Å². The van der Waals surface area contributed by atoms with Gasteiger partial charge in [-0.25, -0.2) is 4.98 Å². The molecule has 94 valence electrons. The lowest BCUT2D eigenvalue weighted by Crippen LogP contribution is -2.21. The van der Waals surface area contributed by atoms with Gasteiger partial charge in [-0.3, -0.25) is 0 Å². The van der Waals surface area contributed by atoms with Gasteiger partial charge in [0.1, 0.15) is 5.82 Å². The summed E-state index contributed by atoms with van der Waals surface area (Å²) in [6.07, 6.45) is 3.35. The van der Waals surface area contributed by atoms with Crippen LogP contribution in [0.2, 0.25) is 0 Å². The van der Waals surface area contributed by atoms with Gasteiger partial charge in [0.15, 0.2) is 0 Å². The van der Waals surface area contributed by atoms with Crippen molar-refractivity contribution in [2.45, 2.75) is 26.8 Å². The minimum atomic E-state index is 0.878. The van der Waals surface area contributed by atoms with Gasteiger partial charge in [0.2, 0.25) is 0 Å². The van der Waals surface area contributed by atoms with E-state index in [9.17, 15) is 0 Å². The van der Waals surface area contributed by atoms with E-state index < -0.39 is 0 Å². The third-order valence-electron chi connectivity index (χ3n) is 3.56. The summed E-state index contributed by atoms with van der Waals surface area (Å²) in [5.74, 6) is 2.87. The number of anilines is 1. The Kier molecular flexibility index (Phi) is 4.00. The van der Waals surface area contributed by atoms with Crippen molar-refractivity contribution in [2.75, 3.05) is 25.0 Å². The van der Waals surface area contributed by atoms with Crippen LogP contribution in [0.15, 0.2) is 18.3 Å². The predicted octanol–water partition coefficient (Wildman–Crippen LogP) is 2.28. The monoisotopic (exact) mass is 233 g/mol. The van der Waals surface area contributed by atoms with Gasteiger partial charge in [0.25, 0.3) is 0 Å². The van der Waals surface area contributed by atoms with Crippen LogP contribution in [-0.2, 0) is 6.54 Å². The van der Waals surface area contributed by atoms with E-state index in [0.717, 1.165) is 37.3 Å². The SMILES string of the molecule is CCNCc1ccc(N(C)CC2CC2C)nc1. The second kappa shape index (κ2) is 5.50. The first-order valence-electron chi connectivity index (χ1n) is 6.57. The summed E-state index contributed by atoms with van der Waals surface area (Å²) in [4.78, 5) is 6.79. The quantitative estimate of drug-likeness (QED) is 0.817. The van der Waals surface area contributed by atoms with Crippen molar-refractivity contribution >= 4 is 5.82 Å². The molecule has 0 aliphatic heterocycles. The highest BCUT2D eigenvalue weighted by molar-refractivity contribution is 5.38. The second-order valence-electron chi connectivity index (χ2n) is 5.16. The van der Waals surface area contributed by atoms with Crippen LogP contribution >= 0.6 is 0 Å². The first kappa shape index (κ1) is 12.4. The molecule has 0 radical (unpaired) electrons. The van der Waals surface area contributed by atoms with Crippen LogP contribution < -0.4 is 10.2 Å². The molecule has 0 aromatic carbocycles. The number of nitrogens with zero attached hydrogens (tertiary/aromatic N) is 2. The Hall–Kier alpha value is -1.09. The standard InChI is InChI=1S/C14H23N3/c1-4-15-8-12-5-6-14(16-9-12)17(3)10-13-7-11(13)2/h5-6,9,11,13,15H,4,7-8,10H2,1-3H3. The van der Waals surface area contributed by atoms with Gasteiger partial charge in [-0.05, 0) is 36.4 Å². The van der Waals surface area contributed by atoms with Gasteiger partial charge in [0, 0.05) is 26.3 Å². The molecule has 1 N–H and O–H groups in total.